The highest BCUT2D eigenvalue weighted by molar-refractivity contribution is 5.77. The number of hydrogen-bond donors (Lipinski definition) is 2. The summed E-state index contributed by atoms with van der Waals surface area (Å²) in [4.78, 5) is 16.0. The van der Waals surface area contributed by atoms with Crippen LogP contribution < -0.4 is 5.32 Å². The zero-order valence-corrected chi connectivity index (χ0v) is 13.5. The van der Waals surface area contributed by atoms with Crippen molar-refractivity contribution in [2.24, 2.45) is 7.05 Å². The van der Waals surface area contributed by atoms with Crippen molar-refractivity contribution in [1.82, 2.24) is 29.9 Å². The highest BCUT2D eigenvalue weighted by Crippen LogP contribution is 2.40. The molecular weight excluding hydrogens is 296 g/mol. The lowest BCUT2D eigenvalue weighted by molar-refractivity contribution is -0.120. The Balaban J connectivity index is 1.91. The normalized spacial score (nSPS) is 14.2. The van der Waals surface area contributed by atoms with E-state index in [1.807, 2.05) is 11.7 Å². The minimum atomic E-state index is -0.129. The fourth-order valence-corrected chi connectivity index (χ4v) is 2.61. The fourth-order valence-electron chi connectivity index (χ4n) is 2.61. The maximum atomic E-state index is 11.5. The number of carbonyl (C=O) groups excluding carboxylic acids is 1. The standard InChI is InChI=1S/C15H22N6O2/c1-16-14(23)9-13-17-15(21(19-13)6-3-7-22)11-8-12(10-4-5-10)20(2)18-11/h8,10,22H,3-7,9H2,1-2H3,(H,16,23). The molecule has 1 amide bonds. The molecule has 124 valence electrons. The van der Waals surface area contributed by atoms with Gasteiger partial charge in [-0.15, -0.1) is 0 Å². The van der Waals surface area contributed by atoms with Gasteiger partial charge in [-0.2, -0.15) is 10.2 Å². The van der Waals surface area contributed by atoms with Crippen LogP contribution in [-0.4, -0.2) is 49.2 Å². The van der Waals surface area contributed by atoms with Crippen LogP contribution in [0.1, 0.15) is 36.7 Å². The third-order valence-electron chi connectivity index (χ3n) is 3.98. The summed E-state index contributed by atoms with van der Waals surface area (Å²) in [6, 6.07) is 2.06. The molecule has 2 heterocycles. The number of aliphatic hydroxyl groups is 1. The molecule has 0 radical (unpaired) electrons. The Kier molecular flexibility index (Phi) is 4.42. The van der Waals surface area contributed by atoms with Crippen molar-refractivity contribution < 1.29 is 9.90 Å². The maximum Gasteiger partial charge on any atom is 0.227 e. The van der Waals surface area contributed by atoms with Gasteiger partial charge in [-0.1, -0.05) is 0 Å². The van der Waals surface area contributed by atoms with Gasteiger partial charge in [0.25, 0.3) is 0 Å². The van der Waals surface area contributed by atoms with Crippen molar-refractivity contribution in [2.45, 2.75) is 38.1 Å². The van der Waals surface area contributed by atoms with Crippen molar-refractivity contribution in [3.8, 4) is 11.5 Å². The summed E-state index contributed by atoms with van der Waals surface area (Å²) in [5, 5.41) is 20.6. The van der Waals surface area contributed by atoms with Crippen LogP contribution in [0.5, 0.6) is 0 Å². The number of nitrogens with one attached hydrogen (secondary N) is 1. The first kappa shape index (κ1) is 15.7. The Labute approximate surface area is 134 Å². The van der Waals surface area contributed by atoms with Gasteiger partial charge in [0, 0.05) is 38.9 Å². The van der Waals surface area contributed by atoms with Crippen molar-refractivity contribution in [3.05, 3.63) is 17.6 Å². The molecule has 0 unspecified atom stereocenters. The van der Waals surface area contributed by atoms with Gasteiger partial charge in [-0.05, 0) is 25.3 Å². The van der Waals surface area contributed by atoms with Crippen molar-refractivity contribution in [3.63, 3.8) is 0 Å². The smallest absolute Gasteiger partial charge is 0.227 e. The fraction of sp³-hybridized carbons (Fsp3) is 0.600. The van der Waals surface area contributed by atoms with Crippen molar-refractivity contribution in [1.29, 1.82) is 0 Å². The van der Waals surface area contributed by atoms with Gasteiger partial charge in [0.15, 0.2) is 11.6 Å². The van der Waals surface area contributed by atoms with Crippen LogP contribution in [0, 0.1) is 0 Å². The number of nitrogens with zero attached hydrogens (tertiary/aromatic N) is 5. The first-order valence-corrected chi connectivity index (χ1v) is 7.92. The van der Waals surface area contributed by atoms with Crippen LogP contribution in [-0.2, 0) is 24.8 Å². The van der Waals surface area contributed by atoms with Gasteiger partial charge in [-0.3, -0.25) is 9.48 Å². The Bertz CT molecular complexity index is 701. The highest BCUT2D eigenvalue weighted by atomic mass is 16.3. The SMILES string of the molecule is CNC(=O)Cc1nc(-c2cc(C3CC3)n(C)n2)n(CCCO)n1. The van der Waals surface area contributed by atoms with Crippen LogP contribution >= 0.6 is 0 Å². The summed E-state index contributed by atoms with van der Waals surface area (Å²) >= 11 is 0. The van der Waals surface area contributed by atoms with Gasteiger partial charge < -0.3 is 10.4 Å². The van der Waals surface area contributed by atoms with Crippen molar-refractivity contribution >= 4 is 5.91 Å². The number of aromatic nitrogens is 5. The molecule has 0 bridgehead atoms. The van der Waals surface area contributed by atoms with Crippen LogP contribution in [0.15, 0.2) is 6.07 Å². The molecule has 1 fully saturated rings. The predicted molar refractivity (Wildman–Crippen MR) is 83.7 cm³/mol. The molecule has 2 aromatic heterocycles. The van der Waals surface area contributed by atoms with E-state index in [0.717, 1.165) is 5.69 Å². The van der Waals surface area contributed by atoms with E-state index in [9.17, 15) is 4.79 Å². The molecule has 2 aromatic rings. The molecule has 0 saturated heterocycles. The zero-order chi connectivity index (χ0) is 16.4. The molecule has 8 nitrogen and oxygen atoms in total. The molecule has 8 heteroatoms. The van der Waals surface area contributed by atoms with Gasteiger partial charge in [0.2, 0.25) is 5.91 Å². The van der Waals surface area contributed by atoms with Crippen LogP contribution in [0.4, 0.5) is 0 Å². The third-order valence-corrected chi connectivity index (χ3v) is 3.98. The van der Waals surface area contributed by atoms with E-state index in [-0.39, 0.29) is 18.9 Å². The van der Waals surface area contributed by atoms with Crippen LogP contribution in [0.25, 0.3) is 11.5 Å². The van der Waals surface area contributed by atoms with E-state index >= 15 is 0 Å². The summed E-state index contributed by atoms with van der Waals surface area (Å²) in [5.74, 6) is 1.59. The first-order chi connectivity index (χ1) is 11.1. The second-order valence-electron chi connectivity index (χ2n) is 5.85. The molecule has 2 N–H and O–H groups in total. The summed E-state index contributed by atoms with van der Waals surface area (Å²) in [5.41, 5.74) is 1.98. The van der Waals surface area contributed by atoms with Gasteiger partial charge >= 0.3 is 0 Å². The second kappa shape index (κ2) is 6.49. The molecule has 0 atom stereocenters. The van der Waals surface area contributed by atoms with E-state index < -0.39 is 0 Å². The summed E-state index contributed by atoms with van der Waals surface area (Å²) in [6.45, 7) is 0.627. The van der Waals surface area contributed by atoms with E-state index in [1.165, 1.54) is 18.5 Å². The Morgan fingerprint density at radius 3 is 2.87 bits per heavy atom. The average Bonchev–Trinajstić information content (AvgIpc) is 3.19. The molecule has 0 spiro atoms. The molecule has 1 saturated carbocycles. The molecular formula is C15H22N6O2. The van der Waals surface area contributed by atoms with E-state index in [2.05, 4.69) is 26.6 Å². The molecule has 1 aliphatic carbocycles. The Morgan fingerprint density at radius 1 is 1.43 bits per heavy atom. The van der Waals surface area contributed by atoms with Crippen LogP contribution in [0.2, 0.25) is 0 Å². The Hall–Kier alpha value is -2.22. The number of aryl methyl sites for hydroxylation is 2. The quantitative estimate of drug-likeness (QED) is 0.761. The highest BCUT2D eigenvalue weighted by Gasteiger charge is 2.28. The molecule has 23 heavy (non-hydrogen) atoms. The summed E-state index contributed by atoms with van der Waals surface area (Å²) in [7, 11) is 3.53. The lowest BCUT2D eigenvalue weighted by Gasteiger charge is -2.01. The lowest BCUT2D eigenvalue weighted by atomic mass is 10.2. The largest absolute Gasteiger partial charge is 0.396 e. The maximum absolute atomic E-state index is 11.5. The number of rotatable bonds is 7. The number of carbonyl (C=O) groups is 1. The van der Waals surface area contributed by atoms with E-state index in [0.29, 0.717) is 30.5 Å². The Morgan fingerprint density at radius 2 is 2.22 bits per heavy atom. The molecule has 0 aromatic carbocycles. The van der Waals surface area contributed by atoms with Gasteiger partial charge in [0.05, 0.1) is 6.42 Å². The topological polar surface area (TPSA) is 97.9 Å². The molecule has 1 aliphatic rings. The second-order valence-corrected chi connectivity index (χ2v) is 5.85. The molecule has 3 rings (SSSR count). The zero-order valence-electron chi connectivity index (χ0n) is 13.5. The number of amides is 1. The number of likely N-dealkylation sites (N-methyl/N-ethyl adjacent to an activating group) is 1. The minimum absolute atomic E-state index is 0.0830. The monoisotopic (exact) mass is 318 g/mol. The third kappa shape index (κ3) is 3.42. The van der Waals surface area contributed by atoms with E-state index in [1.54, 1.807) is 11.7 Å². The first-order valence-electron chi connectivity index (χ1n) is 7.92. The van der Waals surface area contributed by atoms with Gasteiger partial charge in [-0.25, -0.2) is 9.67 Å². The summed E-state index contributed by atoms with van der Waals surface area (Å²) < 4.78 is 3.63. The van der Waals surface area contributed by atoms with Crippen molar-refractivity contribution in [2.75, 3.05) is 13.7 Å². The van der Waals surface area contributed by atoms with Crippen LogP contribution in [0.3, 0.4) is 0 Å². The number of aliphatic hydroxyl groups excluding tert-OH is 1. The molecule has 0 aliphatic heterocycles. The van der Waals surface area contributed by atoms with Gasteiger partial charge in [0.1, 0.15) is 5.69 Å². The average molecular weight is 318 g/mol. The minimum Gasteiger partial charge on any atom is -0.396 e. The van der Waals surface area contributed by atoms with E-state index in [4.69, 9.17) is 5.11 Å². The summed E-state index contributed by atoms with van der Waals surface area (Å²) in [6.07, 6.45) is 3.13. The predicted octanol–water partition coefficient (Wildman–Crippen LogP) is 0.227. The lowest BCUT2D eigenvalue weighted by Crippen LogP contribution is -2.20. The number of hydrogen-bond acceptors (Lipinski definition) is 5.